The molecule has 0 fully saturated rings. The van der Waals surface area contributed by atoms with Crippen molar-refractivity contribution < 1.29 is 0 Å². The van der Waals surface area contributed by atoms with E-state index in [0.29, 0.717) is 0 Å². The second-order valence-corrected chi connectivity index (χ2v) is 8.61. The summed E-state index contributed by atoms with van der Waals surface area (Å²) >= 11 is 0. The van der Waals surface area contributed by atoms with E-state index in [-0.39, 0.29) is 0 Å². The molecule has 0 bridgehead atoms. The summed E-state index contributed by atoms with van der Waals surface area (Å²) in [4.78, 5) is 0. The molecular formula is C27H47. The van der Waals surface area contributed by atoms with Crippen LogP contribution < -0.4 is 0 Å². The SMILES string of the molecule is [CH2]c1cc(CCCCCCCCCC)cc(CCCCCCCCCC)c1. The smallest absolute Gasteiger partial charge is 0.0238 e. The molecule has 0 saturated carbocycles. The molecule has 0 amide bonds. The van der Waals surface area contributed by atoms with Crippen LogP contribution in [0.2, 0.25) is 0 Å². The molecule has 0 spiro atoms. The molecule has 0 heterocycles. The van der Waals surface area contributed by atoms with E-state index in [1.54, 1.807) is 0 Å². The van der Waals surface area contributed by atoms with Crippen molar-refractivity contribution >= 4 is 0 Å². The fourth-order valence-electron chi connectivity index (χ4n) is 4.05. The third-order valence-electron chi connectivity index (χ3n) is 5.75. The van der Waals surface area contributed by atoms with Crippen molar-refractivity contribution in [3.63, 3.8) is 0 Å². The Morgan fingerprint density at radius 3 is 1.19 bits per heavy atom. The summed E-state index contributed by atoms with van der Waals surface area (Å²) in [6, 6.07) is 7.06. The molecule has 0 saturated heterocycles. The first-order chi connectivity index (χ1) is 13.3. The van der Waals surface area contributed by atoms with Crippen molar-refractivity contribution in [2.75, 3.05) is 0 Å². The lowest BCUT2D eigenvalue weighted by Crippen LogP contribution is -1.93. The molecule has 0 heteroatoms. The van der Waals surface area contributed by atoms with Gasteiger partial charge in [0.2, 0.25) is 0 Å². The van der Waals surface area contributed by atoms with Gasteiger partial charge in [0.15, 0.2) is 0 Å². The van der Waals surface area contributed by atoms with Crippen molar-refractivity contribution in [1.82, 2.24) is 0 Å². The highest BCUT2D eigenvalue weighted by molar-refractivity contribution is 5.32. The second-order valence-electron chi connectivity index (χ2n) is 8.61. The fourth-order valence-corrected chi connectivity index (χ4v) is 4.05. The van der Waals surface area contributed by atoms with Gasteiger partial charge in [0.05, 0.1) is 0 Å². The van der Waals surface area contributed by atoms with Crippen LogP contribution in [0.15, 0.2) is 18.2 Å². The Hall–Kier alpha value is -0.780. The maximum atomic E-state index is 4.21. The highest BCUT2D eigenvalue weighted by atomic mass is 14.1. The lowest BCUT2D eigenvalue weighted by Gasteiger charge is -2.08. The van der Waals surface area contributed by atoms with E-state index in [1.165, 1.54) is 132 Å². The standard InChI is InChI=1S/C27H47/c1-4-6-8-10-12-14-16-18-20-26-22-25(3)23-27(24-26)21-19-17-15-13-11-9-7-5-2/h22-24H,3-21H2,1-2H3. The number of rotatable bonds is 18. The van der Waals surface area contributed by atoms with E-state index in [9.17, 15) is 0 Å². The molecule has 0 atom stereocenters. The Balaban J connectivity index is 2.14. The van der Waals surface area contributed by atoms with E-state index < -0.39 is 0 Å². The lowest BCUT2D eigenvalue weighted by molar-refractivity contribution is 0.574. The van der Waals surface area contributed by atoms with E-state index in [4.69, 9.17) is 0 Å². The number of unbranched alkanes of at least 4 members (excludes halogenated alkanes) is 14. The van der Waals surface area contributed by atoms with Crippen LogP contribution >= 0.6 is 0 Å². The minimum Gasteiger partial charge on any atom is -0.0654 e. The largest absolute Gasteiger partial charge is 0.0654 e. The Bertz CT molecular complexity index is 407. The van der Waals surface area contributed by atoms with Crippen molar-refractivity contribution in [3.05, 3.63) is 41.8 Å². The molecule has 155 valence electrons. The second kappa shape index (κ2) is 17.3. The quantitative estimate of drug-likeness (QED) is 0.225. The van der Waals surface area contributed by atoms with Crippen LogP contribution in [0.4, 0.5) is 0 Å². The monoisotopic (exact) mass is 371 g/mol. The van der Waals surface area contributed by atoms with Crippen molar-refractivity contribution in [2.24, 2.45) is 0 Å². The van der Waals surface area contributed by atoms with Gasteiger partial charge in [0.25, 0.3) is 0 Å². The molecule has 1 aromatic rings. The van der Waals surface area contributed by atoms with Gasteiger partial charge in [0.1, 0.15) is 0 Å². The summed E-state index contributed by atoms with van der Waals surface area (Å²) in [5.74, 6) is 0. The molecule has 1 aromatic carbocycles. The van der Waals surface area contributed by atoms with Crippen LogP contribution in [0, 0.1) is 6.92 Å². The summed E-state index contributed by atoms with van der Waals surface area (Å²) in [5, 5.41) is 0. The van der Waals surface area contributed by atoms with Crippen molar-refractivity contribution in [1.29, 1.82) is 0 Å². The number of hydrogen-bond donors (Lipinski definition) is 0. The summed E-state index contributed by atoms with van der Waals surface area (Å²) in [5.41, 5.74) is 4.24. The van der Waals surface area contributed by atoms with Gasteiger partial charge in [-0.05, 0) is 49.3 Å². The van der Waals surface area contributed by atoms with Gasteiger partial charge in [-0.2, -0.15) is 0 Å². The molecular weight excluding hydrogens is 324 g/mol. The van der Waals surface area contributed by atoms with Crippen LogP contribution in [-0.4, -0.2) is 0 Å². The molecule has 1 radical (unpaired) electrons. The minimum absolute atomic E-state index is 1.21. The molecule has 1 rings (SSSR count). The first-order valence-corrected chi connectivity index (χ1v) is 12.2. The normalized spacial score (nSPS) is 11.2. The van der Waals surface area contributed by atoms with Crippen LogP contribution in [0.5, 0.6) is 0 Å². The Labute approximate surface area is 171 Å². The fraction of sp³-hybridized carbons (Fsp3) is 0.741. The van der Waals surface area contributed by atoms with E-state index in [2.05, 4.69) is 39.0 Å². The topological polar surface area (TPSA) is 0 Å². The Morgan fingerprint density at radius 2 is 0.815 bits per heavy atom. The van der Waals surface area contributed by atoms with Gasteiger partial charge < -0.3 is 0 Å². The maximum absolute atomic E-state index is 4.21. The van der Waals surface area contributed by atoms with Gasteiger partial charge in [-0.1, -0.05) is 122 Å². The number of hydrogen-bond acceptors (Lipinski definition) is 0. The molecule has 0 nitrogen and oxygen atoms in total. The minimum atomic E-state index is 1.21. The summed E-state index contributed by atoms with van der Waals surface area (Å²) in [6.07, 6.45) is 24.9. The highest BCUT2D eigenvalue weighted by Gasteiger charge is 2.01. The van der Waals surface area contributed by atoms with E-state index in [0.717, 1.165) is 0 Å². The van der Waals surface area contributed by atoms with E-state index in [1.807, 2.05) is 0 Å². The molecule has 0 aliphatic carbocycles. The first-order valence-electron chi connectivity index (χ1n) is 12.2. The molecule has 0 aliphatic heterocycles. The zero-order valence-corrected chi connectivity index (χ0v) is 18.7. The van der Waals surface area contributed by atoms with Gasteiger partial charge in [-0.15, -0.1) is 0 Å². The number of aryl methyl sites for hydroxylation is 2. The van der Waals surface area contributed by atoms with Gasteiger partial charge in [-0.25, -0.2) is 0 Å². The van der Waals surface area contributed by atoms with Crippen LogP contribution in [-0.2, 0) is 12.8 Å². The van der Waals surface area contributed by atoms with Crippen LogP contribution in [0.1, 0.15) is 133 Å². The number of benzene rings is 1. The first kappa shape index (κ1) is 24.3. The zero-order chi connectivity index (χ0) is 19.6. The third kappa shape index (κ3) is 14.0. The summed E-state index contributed by atoms with van der Waals surface area (Å²) in [7, 11) is 0. The molecule has 0 N–H and O–H groups in total. The predicted octanol–water partition coefficient (Wildman–Crippen LogP) is 9.24. The maximum Gasteiger partial charge on any atom is -0.0238 e. The van der Waals surface area contributed by atoms with Crippen molar-refractivity contribution in [3.8, 4) is 0 Å². The van der Waals surface area contributed by atoms with Gasteiger partial charge in [0, 0.05) is 0 Å². The van der Waals surface area contributed by atoms with Gasteiger partial charge in [-0.3, -0.25) is 0 Å². The lowest BCUT2D eigenvalue weighted by atomic mass is 9.97. The molecule has 0 aromatic heterocycles. The van der Waals surface area contributed by atoms with Crippen molar-refractivity contribution in [2.45, 2.75) is 129 Å². The molecule has 0 aliphatic rings. The Morgan fingerprint density at radius 1 is 0.481 bits per heavy atom. The Kier molecular flexibility index (Phi) is 15.6. The van der Waals surface area contributed by atoms with Gasteiger partial charge >= 0.3 is 0 Å². The molecule has 27 heavy (non-hydrogen) atoms. The zero-order valence-electron chi connectivity index (χ0n) is 18.7. The third-order valence-corrected chi connectivity index (χ3v) is 5.75. The van der Waals surface area contributed by atoms with Crippen LogP contribution in [0.3, 0.4) is 0 Å². The average Bonchev–Trinajstić information content (AvgIpc) is 2.65. The highest BCUT2D eigenvalue weighted by Crippen LogP contribution is 2.17. The van der Waals surface area contributed by atoms with Crippen LogP contribution in [0.25, 0.3) is 0 Å². The summed E-state index contributed by atoms with van der Waals surface area (Å²) < 4.78 is 0. The average molecular weight is 372 g/mol. The predicted molar refractivity (Wildman–Crippen MR) is 124 cm³/mol. The molecule has 0 unspecified atom stereocenters. The van der Waals surface area contributed by atoms with E-state index >= 15 is 0 Å². The summed E-state index contributed by atoms with van der Waals surface area (Å²) in [6.45, 7) is 8.80.